The standard InChI is InChI=1S/C17H21N3OS/c1-3-4-10-16(14-8-6-5-7-9-14)19-20-17(21)11-15-12-22-13(2)18-15/h5-9,12H,3-4,10-11H2,1-2H3,(H,20,21)/b19-16-. The van der Waals surface area contributed by atoms with E-state index in [1.54, 1.807) is 11.3 Å². The van der Waals surface area contributed by atoms with Gasteiger partial charge >= 0.3 is 0 Å². The molecule has 0 saturated heterocycles. The highest BCUT2D eigenvalue weighted by molar-refractivity contribution is 7.09. The Hall–Kier alpha value is -2.01. The Balaban J connectivity index is 2.01. The predicted octanol–water partition coefficient (Wildman–Crippen LogP) is 3.70. The number of hydrazone groups is 1. The molecule has 0 bridgehead atoms. The Morgan fingerprint density at radius 2 is 2.09 bits per heavy atom. The number of aromatic nitrogens is 1. The molecule has 1 amide bonds. The van der Waals surface area contributed by atoms with Crippen LogP contribution in [-0.2, 0) is 11.2 Å². The molecule has 2 rings (SSSR count). The van der Waals surface area contributed by atoms with Crippen LogP contribution in [0.25, 0.3) is 0 Å². The average molecular weight is 315 g/mol. The predicted molar refractivity (Wildman–Crippen MR) is 91.2 cm³/mol. The lowest BCUT2D eigenvalue weighted by Crippen LogP contribution is -2.22. The van der Waals surface area contributed by atoms with Crippen molar-refractivity contribution in [3.8, 4) is 0 Å². The Kier molecular flexibility index (Phi) is 6.27. The van der Waals surface area contributed by atoms with E-state index in [0.717, 1.165) is 41.2 Å². The molecule has 2 aromatic rings. The highest BCUT2D eigenvalue weighted by Crippen LogP contribution is 2.09. The number of nitrogens with zero attached hydrogens (tertiary/aromatic N) is 2. The van der Waals surface area contributed by atoms with Gasteiger partial charge in [-0.25, -0.2) is 10.4 Å². The second-order valence-electron chi connectivity index (χ2n) is 5.10. The van der Waals surface area contributed by atoms with Gasteiger partial charge < -0.3 is 0 Å². The first kappa shape index (κ1) is 16.4. The molecular formula is C17H21N3OS. The van der Waals surface area contributed by atoms with Gasteiger partial charge in [-0.2, -0.15) is 5.10 Å². The molecule has 5 heteroatoms. The van der Waals surface area contributed by atoms with Crippen LogP contribution in [0, 0.1) is 6.92 Å². The molecule has 0 unspecified atom stereocenters. The molecule has 1 aromatic carbocycles. The molecule has 0 atom stereocenters. The van der Waals surface area contributed by atoms with Crippen molar-refractivity contribution in [2.75, 3.05) is 0 Å². The third-order valence-corrected chi connectivity index (χ3v) is 4.02. The van der Waals surface area contributed by atoms with Crippen LogP contribution in [0.1, 0.15) is 42.5 Å². The van der Waals surface area contributed by atoms with Crippen molar-refractivity contribution in [3.63, 3.8) is 0 Å². The normalized spacial score (nSPS) is 11.5. The summed E-state index contributed by atoms with van der Waals surface area (Å²) in [5, 5.41) is 7.21. The van der Waals surface area contributed by atoms with Gasteiger partial charge in [-0.1, -0.05) is 43.7 Å². The van der Waals surface area contributed by atoms with Crippen molar-refractivity contribution in [2.24, 2.45) is 5.10 Å². The van der Waals surface area contributed by atoms with E-state index in [-0.39, 0.29) is 12.3 Å². The molecule has 4 nitrogen and oxygen atoms in total. The minimum absolute atomic E-state index is 0.129. The van der Waals surface area contributed by atoms with Gasteiger partial charge in [0.15, 0.2) is 0 Å². The largest absolute Gasteiger partial charge is 0.273 e. The molecule has 1 N–H and O–H groups in total. The molecule has 0 radical (unpaired) electrons. The number of hydrogen-bond donors (Lipinski definition) is 1. The zero-order chi connectivity index (χ0) is 15.8. The van der Waals surface area contributed by atoms with Crippen LogP contribution in [0.2, 0.25) is 0 Å². The number of rotatable bonds is 7. The Morgan fingerprint density at radius 3 is 2.73 bits per heavy atom. The Labute approximate surface area is 135 Å². The van der Waals surface area contributed by atoms with Gasteiger partial charge in [0.05, 0.1) is 22.8 Å². The van der Waals surface area contributed by atoms with Gasteiger partial charge in [0.2, 0.25) is 5.91 Å². The fourth-order valence-electron chi connectivity index (χ4n) is 2.06. The van der Waals surface area contributed by atoms with Crippen LogP contribution >= 0.6 is 11.3 Å². The molecule has 1 aromatic heterocycles. The minimum atomic E-state index is -0.129. The first-order valence-electron chi connectivity index (χ1n) is 7.51. The molecule has 1 heterocycles. The van der Waals surface area contributed by atoms with Crippen LogP contribution in [0.15, 0.2) is 40.8 Å². The van der Waals surface area contributed by atoms with Crippen molar-refractivity contribution >= 4 is 23.0 Å². The number of carbonyl (C=O) groups excluding carboxylic acids is 1. The van der Waals surface area contributed by atoms with Crippen molar-refractivity contribution in [1.82, 2.24) is 10.4 Å². The molecule has 0 saturated carbocycles. The van der Waals surface area contributed by atoms with E-state index in [2.05, 4.69) is 22.4 Å². The summed E-state index contributed by atoms with van der Waals surface area (Å²) in [6, 6.07) is 9.98. The average Bonchev–Trinajstić information content (AvgIpc) is 2.93. The second kappa shape index (κ2) is 8.44. The lowest BCUT2D eigenvalue weighted by molar-refractivity contribution is -0.120. The van der Waals surface area contributed by atoms with Crippen molar-refractivity contribution < 1.29 is 4.79 Å². The SMILES string of the molecule is CCCC/C(=N/NC(=O)Cc1csc(C)n1)c1ccccc1. The van der Waals surface area contributed by atoms with Crippen molar-refractivity contribution in [1.29, 1.82) is 0 Å². The van der Waals surface area contributed by atoms with E-state index in [0.29, 0.717) is 0 Å². The maximum absolute atomic E-state index is 12.0. The number of aryl methyl sites for hydroxylation is 1. The third-order valence-electron chi connectivity index (χ3n) is 3.20. The summed E-state index contributed by atoms with van der Waals surface area (Å²) in [4.78, 5) is 16.3. The molecule has 22 heavy (non-hydrogen) atoms. The lowest BCUT2D eigenvalue weighted by atomic mass is 10.1. The molecule has 0 fully saturated rings. The molecule has 0 aliphatic rings. The number of amides is 1. The lowest BCUT2D eigenvalue weighted by Gasteiger charge is -2.06. The first-order chi connectivity index (χ1) is 10.7. The number of nitrogens with one attached hydrogen (secondary N) is 1. The fourth-order valence-corrected chi connectivity index (χ4v) is 2.68. The van der Waals surface area contributed by atoms with E-state index in [9.17, 15) is 4.79 Å². The number of unbranched alkanes of at least 4 members (excludes halogenated alkanes) is 1. The van der Waals surface area contributed by atoms with Crippen molar-refractivity contribution in [2.45, 2.75) is 39.5 Å². The van der Waals surface area contributed by atoms with Crippen LogP contribution < -0.4 is 5.43 Å². The van der Waals surface area contributed by atoms with E-state index in [1.807, 2.05) is 42.6 Å². The maximum atomic E-state index is 12.0. The van der Waals surface area contributed by atoms with E-state index in [4.69, 9.17) is 0 Å². The molecule has 116 valence electrons. The number of carbonyl (C=O) groups is 1. The summed E-state index contributed by atoms with van der Waals surface area (Å²) in [6.45, 7) is 4.08. The van der Waals surface area contributed by atoms with Crippen LogP contribution in [-0.4, -0.2) is 16.6 Å². The highest BCUT2D eigenvalue weighted by Gasteiger charge is 2.07. The number of thiazole rings is 1. The van der Waals surface area contributed by atoms with Crippen LogP contribution in [0.5, 0.6) is 0 Å². The molecule has 0 aliphatic carbocycles. The Morgan fingerprint density at radius 1 is 1.32 bits per heavy atom. The molecular weight excluding hydrogens is 294 g/mol. The van der Waals surface area contributed by atoms with Gasteiger partial charge in [-0.05, 0) is 25.3 Å². The summed E-state index contributed by atoms with van der Waals surface area (Å²) < 4.78 is 0. The first-order valence-corrected chi connectivity index (χ1v) is 8.39. The molecule has 0 aliphatic heterocycles. The summed E-state index contributed by atoms with van der Waals surface area (Å²) in [6.07, 6.45) is 3.27. The summed E-state index contributed by atoms with van der Waals surface area (Å²) in [7, 11) is 0. The van der Waals surface area contributed by atoms with Crippen LogP contribution in [0.3, 0.4) is 0 Å². The van der Waals surface area contributed by atoms with E-state index >= 15 is 0 Å². The number of benzene rings is 1. The zero-order valence-corrected chi connectivity index (χ0v) is 13.8. The van der Waals surface area contributed by atoms with Gasteiger partial charge in [-0.3, -0.25) is 4.79 Å². The quantitative estimate of drug-likeness (QED) is 0.625. The van der Waals surface area contributed by atoms with Gasteiger partial charge in [0.25, 0.3) is 0 Å². The zero-order valence-electron chi connectivity index (χ0n) is 13.0. The van der Waals surface area contributed by atoms with E-state index in [1.165, 1.54) is 0 Å². The minimum Gasteiger partial charge on any atom is -0.273 e. The highest BCUT2D eigenvalue weighted by atomic mass is 32.1. The summed E-state index contributed by atoms with van der Waals surface area (Å²) in [5.41, 5.74) is 5.44. The van der Waals surface area contributed by atoms with Gasteiger partial charge in [-0.15, -0.1) is 11.3 Å². The van der Waals surface area contributed by atoms with E-state index < -0.39 is 0 Å². The number of hydrogen-bond acceptors (Lipinski definition) is 4. The summed E-state index contributed by atoms with van der Waals surface area (Å²) in [5.74, 6) is -0.129. The smallest absolute Gasteiger partial charge is 0.246 e. The third kappa shape index (κ3) is 5.07. The summed E-state index contributed by atoms with van der Waals surface area (Å²) >= 11 is 1.55. The van der Waals surface area contributed by atoms with Crippen LogP contribution in [0.4, 0.5) is 0 Å². The fraction of sp³-hybridized carbons (Fsp3) is 0.353. The maximum Gasteiger partial charge on any atom is 0.246 e. The van der Waals surface area contributed by atoms with Crippen molar-refractivity contribution in [3.05, 3.63) is 52.0 Å². The Bertz CT molecular complexity index is 634. The van der Waals surface area contributed by atoms with Gasteiger partial charge in [0, 0.05) is 5.38 Å². The molecule has 0 spiro atoms. The topological polar surface area (TPSA) is 54.4 Å². The second-order valence-corrected chi connectivity index (χ2v) is 6.16. The van der Waals surface area contributed by atoms with Gasteiger partial charge in [0.1, 0.15) is 0 Å². The monoisotopic (exact) mass is 315 g/mol.